The average molecular weight is 314 g/mol. The van der Waals surface area contributed by atoms with Crippen molar-refractivity contribution in [1.29, 1.82) is 0 Å². The highest BCUT2D eigenvalue weighted by Gasteiger charge is 2.37. The molecule has 0 aromatic carbocycles. The van der Waals surface area contributed by atoms with Gasteiger partial charge in [-0.25, -0.2) is 4.98 Å². The van der Waals surface area contributed by atoms with Gasteiger partial charge in [0.2, 0.25) is 0 Å². The molecule has 0 amide bonds. The van der Waals surface area contributed by atoms with Crippen molar-refractivity contribution in [2.75, 3.05) is 31.2 Å². The van der Waals surface area contributed by atoms with Crippen LogP contribution >= 0.6 is 0 Å². The van der Waals surface area contributed by atoms with Gasteiger partial charge < -0.3 is 9.64 Å². The van der Waals surface area contributed by atoms with E-state index in [-0.39, 0.29) is 0 Å². The van der Waals surface area contributed by atoms with Gasteiger partial charge in [-0.1, -0.05) is 0 Å². The van der Waals surface area contributed by atoms with Crippen LogP contribution in [0.2, 0.25) is 0 Å². The van der Waals surface area contributed by atoms with E-state index in [2.05, 4.69) is 36.3 Å². The number of piperidine rings is 1. The Labute approximate surface area is 137 Å². The molecule has 5 nitrogen and oxygen atoms in total. The fraction of sp³-hybridized carbons (Fsp3) is 0.667. The standard InChI is InChI=1S/C18H26N4O/c1-13-11-16(22-17(19-13)14(2)15(3)20-22)21-8-4-5-18(12-21)6-9-23-10-7-18/h11H,4-10,12H2,1-3H3. The SMILES string of the molecule is Cc1cc(N2CCCC3(CCOCC3)C2)n2nc(C)c(C)c2n1. The maximum Gasteiger partial charge on any atom is 0.160 e. The number of hydrogen-bond acceptors (Lipinski definition) is 4. The van der Waals surface area contributed by atoms with E-state index in [1.807, 2.05) is 0 Å². The molecule has 2 fully saturated rings. The summed E-state index contributed by atoms with van der Waals surface area (Å²) >= 11 is 0. The molecule has 2 aliphatic rings. The Morgan fingerprint density at radius 1 is 1.13 bits per heavy atom. The van der Waals surface area contributed by atoms with Gasteiger partial charge in [0, 0.05) is 43.6 Å². The predicted molar refractivity (Wildman–Crippen MR) is 91.1 cm³/mol. The third-order valence-electron chi connectivity index (χ3n) is 5.70. The fourth-order valence-electron chi connectivity index (χ4n) is 4.17. The normalized spacial score (nSPS) is 21.3. The van der Waals surface area contributed by atoms with E-state index in [4.69, 9.17) is 14.8 Å². The van der Waals surface area contributed by atoms with Crippen LogP contribution in [-0.4, -0.2) is 40.9 Å². The Kier molecular flexibility index (Phi) is 3.56. The molecule has 5 heteroatoms. The summed E-state index contributed by atoms with van der Waals surface area (Å²) in [6.07, 6.45) is 4.96. The topological polar surface area (TPSA) is 42.7 Å². The molecule has 0 N–H and O–H groups in total. The van der Waals surface area contributed by atoms with Gasteiger partial charge in [0.25, 0.3) is 0 Å². The molecule has 23 heavy (non-hydrogen) atoms. The molecule has 0 unspecified atom stereocenters. The molecule has 0 atom stereocenters. The number of anilines is 1. The number of ether oxygens (including phenoxy) is 1. The van der Waals surface area contributed by atoms with E-state index in [1.54, 1.807) is 0 Å². The zero-order valence-electron chi connectivity index (χ0n) is 14.4. The summed E-state index contributed by atoms with van der Waals surface area (Å²) in [5.41, 5.74) is 4.76. The van der Waals surface area contributed by atoms with E-state index in [0.717, 1.165) is 43.3 Å². The van der Waals surface area contributed by atoms with Crippen LogP contribution in [0.1, 0.15) is 42.6 Å². The highest BCUT2D eigenvalue weighted by atomic mass is 16.5. The smallest absolute Gasteiger partial charge is 0.160 e. The number of fused-ring (bicyclic) bond motifs is 1. The molecule has 124 valence electrons. The van der Waals surface area contributed by atoms with Crippen LogP contribution in [0.15, 0.2) is 6.07 Å². The van der Waals surface area contributed by atoms with Crippen LogP contribution in [0.4, 0.5) is 5.82 Å². The van der Waals surface area contributed by atoms with Gasteiger partial charge in [0.05, 0.1) is 5.69 Å². The second kappa shape index (κ2) is 5.48. The number of aryl methyl sites for hydroxylation is 3. The highest BCUT2D eigenvalue weighted by Crippen LogP contribution is 2.40. The second-order valence-electron chi connectivity index (χ2n) is 7.34. The Morgan fingerprint density at radius 2 is 1.91 bits per heavy atom. The lowest BCUT2D eigenvalue weighted by Gasteiger charge is -2.45. The number of hydrogen-bond donors (Lipinski definition) is 0. The van der Waals surface area contributed by atoms with Gasteiger partial charge in [-0.3, -0.25) is 0 Å². The monoisotopic (exact) mass is 314 g/mol. The van der Waals surface area contributed by atoms with Crippen LogP contribution < -0.4 is 4.90 Å². The first-order chi connectivity index (χ1) is 11.1. The molecular formula is C18H26N4O. The van der Waals surface area contributed by atoms with Gasteiger partial charge in [-0.2, -0.15) is 9.61 Å². The molecular weight excluding hydrogens is 288 g/mol. The number of nitrogens with zero attached hydrogens (tertiary/aromatic N) is 4. The van der Waals surface area contributed by atoms with Crippen molar-refractivity contribution < 1.29 is 4.74 Å². The summed E-state index contributed by atoms with van der Waals surface area (Å²) in [7, 11) is 0. The van der Waals surface area contributed by atoms with Crippen molar-refractivity contribution in [1.82, 2.24) is 14.6 Å². The summed E-state index contributed by atoms with van der Waals surface area (Å²) < 4.78 is 7.65. The Morgan fingerprint density at radius 3 is 2.70 bits per heavy atom. The van der Waals surface area contributed by atoms with Crippen LogP contribution in [0, 0.1) is 26.2 Å². The van der Waals surface area contributed by atoms with Gasteiger partial charge in [-0.15, -0.1) is 0 Å². The molecule has 0 saturated carbocycles. The molecule has 0 radical (unpaired) electrons. The van der Waals surface area contributed by atoms with Crippen molar-refractivity contribution in [2.24, 2.45) is 5.41 Å². The third kappa shape index (κ3) is 2.51. The van der Waals surface area contributed by atoms with Crippen LogP contribution in [0.25, 0.3) is 5.65 Å². The minimum absolute atomic E-state index is 0.428. The van der Waals surface area contributed by atoms with E-state index in [1.165, 1.54) is 37.1 Å². The molecule has 2 saturated heterocycles. The zero-order chi connectivity index (χ0) is 16.0. The first kappa shape index (κ1) is 14.9. The summed E-state index contributed by atoms with van der Waals surface area (Å²) in [5, 5.41) is 4.75. The van der Waals surface area contributed by atoms with Crippen LogP contribution in [0.5, 0.6) is 0 Å². The van der Waals surface area contributed by atoms with Crippen molar-refractivity contribution in [2.45, 2.75) is 46.5 Å². The summed E-state index contributed by atoms with van der Waals surface area (Å²) in [4.78, 5) is 7.24. The lowest BCUT2D eigenvalue weighted by Crippen LogP contribution is -2.46. The lowest BCUT2D eigenvalue weighted by atomic mass is 9.74. The fourth-order valence-corrected chi connectivity index (χ4v) is 4.17. The lowest BCUT2D eigenvalue weighted by molar-refractivity contribution is 0.00741. The summed E-state index contributed by atoms with van der Waals surface area (Å²) in [6.45, 7) is 10.3. The molecule has 2 aliphatic heterocycles. The van der Waals surface area contributed by atoms with Gasteiger partial charge >= 0.3 is 0 Å². The zero-order valence-corrected chi connectivity index (χ0v) is 14.4. The minimum Gasteiger partial charge on any atom is -0.381 e. The molecule has 4 rings (SSSR count). The van der Waals surface area contributed by atoms with Crippen molar-refractivity contribution in [3.63, 3.8) is 0 Å². The largest absolute Gasteiger partial charge is 0.381 e. The van der Waals surface area contributed by atoms with E-state index >= 15 is 0 Å². The predicted octanol–water partition coefficient (Wildman–Crippen LogP) is 3.05. The van der Waals surface area contributed by atoms with Crippen LogP contribution in [-0.2, 0) is 4.74 Å². The average Bonchev–Trinajstić information content (AvgIpc) is 2.83. The maximum atomic E-state index is 5.60. The third-order valence-corrected chi connectivity index (χ3v) is 5.70. The first-order valence-corrected chi connectivity index (χ1v) is 8.74. The maximum absolute atomic E-state index is 5.60. The van der Waals surface area contributed by atoms with E-state index < -0.39 is 0 Å². The second-order valence-corrected chi connectivity index (χ2v) is 7.34. The quantitative estimate of drug-likeness (QED) is 0.811. The minimum atomic E-state index is 0.428. The van der Waals surface area contributed by atoms with Gasteiger partial charge in [0.15, 0.2) is 5.65 Å². The summed E-state index contributed by atoms with van der Waals surface area (Å²) in [5.74, 6) is 1.20. The van der Waals surface area contributed by atoms with Crippen molar-refractivity contribution >= 4 is 11.5 Å². The number of rotatable bonds is 1. The highest BCUT2D eigenvalue weighted by molar-refractivity contribution is 5.57. The molecule has 2 aromatic heterocycles. The van der Waals surface area contributed by atoms with E-state index in [0.29, 0.717) is 5.41 Å². The molecule has 2 aromatic rings. The Hall–Kier alpha value is -1.62. The van der Waals surface area contributed by atoms with Crippen LogP contribution in [0.3, 0.4) is 0 Å². The Bertz CT molecular complexity index is 725. The first-order valence-electron chi connectivity index (χ1n) is 8.74. The van der Waals surface area contributed by atoms with Gasteiger partial charge in [-0.05, 0) is 51.9 Å². The molecule has 4 heterocycles. The van der Waals surface area contributed by atoms with Crippen molar-refractivity contribution in [3.05, 3.63) is 23.0 Å². The summed E-state index contributed by atoms with van der Waals surface area (Å²) in [6, 6.07) is 2.19. The van der Waals surface area contributed by atoms with Crippen molar-refractivity contribution in [3.8, 4) is 0 Å². The number of aromatic nitrogens is 3. The van der Waals surface area contributed by atoms with E-state index in [9.17, 15) is 0 Å². The molecule has 1 spiro atoms. The van der Waals surface area contributed by atoms with Gasteiger partial charge in [0.1, 0.15) is 5.82 Å². The molecule has 0 aliphatic carbocycles. The Balaban J connectivity index is 1.75. The molecule has 0 bridgehead atoms.